The molecule has 1 aromatic rings. The van der Waals surface area contributed by atoms with E-state index in [1.807, 2.05) is 64.1 Å². The van der Waals surface area contributed by atoms with Gasteiger partial charge in [-0.1, -0.05) is 70.2 Å². The van der Waals surface area contributed by atoms with E-state index in [0.29, 0.717) is 6.42 Å². The quantitative estimate of drug-likeness (QED) is 0.208. The highest BCUT2D eigenvalue weighted by Crippen LogP contribution is 2.25. The molecule has 7 N–H and O–H groups in total. The third-order valence-electron chi connectivity index (χ3n) is 5.29. The van der Waals surface area contributed by atoms with E-state index in [1.54, 1.807) is 11.6 Å². The predicted molar refractivity (Wildman–Crippen MR) is 133 cm³/mol. The Bertz CT molecular complexity index is 872. The van der Waals surface area contributed by atoms with Gasteiger partial charge in [0.1, 0.15) is 0 Å². The van der Waals surface area contributed by atoms with Crippen molar-refractivity contribution in [2.24, 2.45) is 35.1 Å². The topological polar surface area (TPSA) is 168 Å². The maximum absolute atomic E-state index is 13.4. The molecule has 35 heavy (non-hydrogen) atoms. The Morgan fingerprint density at radius 3 is 2.14 bits per heavy atom. The van der Waals surface area contributed by atoms with Crippen molar-refractivity contribution in [2.75, 3.05) is 6.54 Å². The van der Waals surface area contributed by atoms with Gasteiger partial charge in [-0.05, 0) is 30.2 Å². The van der Waals surface area contributed by atoms with E-state index in [4.69, 9.17) is 11.5 Å². The number of rotatable bonds is 13. The van der Waals surface area contributed by atoms with E-state index in [9.17, 15) is 24.4 Å². The highest BCUT2D eigenvalue weighted by atomic mass is 16.5. The summed E-state index contributed by atoms with van der Waals surface area (Å²) in [4.78, 5) is 50.0. The number of amides is 4. The van der Waals surface area contributed by atoms with Gasteiger partial charge in [0, 0.05) is 6.54 Å². The number of carbonyl (C=O) groups excluding carboxylic acids is 4. The van der Waals surface area contributed by atoms with E-state index in [-0.39, 0.29) is 31.2 Å². The number of carbonyl (C=O) groups is 4. The summed E-state index contributed by atoms with van der Waals surface area (Å²) < 4.78 is 0. The molecule has 0 unspecified atom stereocenters. The summed E-state index contributed by atoms with van der Waals surface area (Å²) in [6.07, 6.45) is 3.76. The standard InChI is InChI=1S/C25H39N5O5/c1-16(2)13-20(19(24(33)29-35)12-8-11-18-9-6-5-7-10-18)23(32)28-30(15-17(3)4)25(34)21(26)14-22(27)31/h5-11,16-17,19-21,35H,12-15,26H2,1-4H3,(H2,27,31)(H,28,32)(H,29,33)/t19-,20+,21-/m0/s1. The van der Waals surface area contributed by atoms with E-state index in [2.05, 4.69) is 5.43 Å². The lowest BCUT2D eigenvalue weighted by Gasteiger charge is -2.31. The minimum absolute atomic E-state index is 0.0195. The average Bonchev–Trinajstić information content (AvgIpc) is 2.79. The Kier molecular flexibility index (Phi) is 12.7. The van der Waals surface area contributed by atoms with Gasteiger partial charge in [0.2, 0.25) is 17.7 Å². The van der Waals surface area contributed by atoms with Crippen LogP contribution in [0.2, 0.25) is 0 Å². The molecular weight excluding hydrogens is 450 g/mol. The van der Waals surface area contributed by atoms with Crippen LogP contribution < -0.4 is 22.4 Å². The molecule has 1 aromatic carbocycles. The van der Waals surface area contributed by atoms with Gasteiger partial charge in [-0.25, -0.2) is 5.48 Å². The number of hydrogen-bond donors (Lipinski definition) is 5. The summed E-state index contributed by atoms with van der Waals surface area (Å²) in [6.45, 7) is 7.68. The molecule has 10 heteroatoms. The number of hydroxylamine groups is 1. The molecule has 0 radical (unpaired) electrons. The first-order valence-electron chi connectivity index (χ1n) is 11.8. The van der Waals surface area contributed by atoms with Gasteiger partial charge in [-0.2, -0.15) is 0 Å². The minimum Gasteiger partial charge on any atom is -0.370 e. The number of nitrogens with zero attached hydrogens (tertiary/aromatic N) is 1. The molecule has 10 nitrogen and oxygen atoms in total. The van der Waals surface area contributed by atoms with Crippen molar-refractivity contribution in [2.45, 2.75) is 53.0 Å². The van der Waals surface area contributed by atoms with Crippen LogP contribution in [0.1, 0.15) is 52.5 Å². The van der Waals surface area contributed by atoms with Crippen molar-refractivity contribution >= 4 is 29.7 Å². The second kappa shape index (κ2) is 14.9. The van der Waals surface area contributed by atoms with Gasteiger partial charge in [-0.15, -0.1) is 0 Å². The lowest BCUT2D eigenvalue weighted by Crippen LogP contribution is -2.56. The summed E-state index contributed by atoms with van der Waals surface area (Å²) in [5.74, 6) is -4.35. The number of allylic oxidation sites excluding steroid dienone is 1. The monoisotopic (exact) mass is 489 g/mol. The molecule has 0 bridgehead atoms. The Hall–Kier alpha value is -3.24. The Morgan fingerprint density at radius 1 is 1.00 bits per heavy atom. The first-order chi connectivity index (χ1) is 16.5. The Labute approximate surface area is 207 Å². The first kappa shape index (κ1) is 29.8. The molecule has 0 heterocycles. The molecule has 0 aliphatic heterocycles. The van der Waals surface area contributed by atoms with Crippen molar-refractivity contribution in [3.05, 3.63) is 42.0 Å². The van der Waals surface area contributed by atoms with Crippen LogP contribution in [0, 0.1) is 23.7 Å². The van der Waals surface area contributed by atoms with E-state index in [1.165, 1.54) is 0 Å². The number of nitrogens with two attached hydrogens (primary N) is 2. The van der Waals surface area contributed by atoms with Gasteiger partial charge in [0.25, 0.3) is 5.91 Å². The maximum Gasteiger partial charge on any atom is 0.258 e. The third-order valence-corrected chi connectivity index (χ3v) is 5.29. The molecular formula is C25H39N5O5. The summed E-state index contributed by atoms with van der Waals surface area (Å²) in [5, 5.41) is 10.4. The first-order valence-corrected chi connectivity index (χ1v) is 11.8. The average molecular weight is 490 g/mol. The largest absolute Gasteiger partial charge is 0.370 e. The van der Waals surface area contributed by atoms with Crippen LogP contribution in [0.25, 0.3) is 6.08 Å². The molecule has 0 saturated heterocycles. The van der Waals surface area contributed by atoms with Crippen molar-refractivity contribution in [3.8, 4) is 0 Å². The van der Waals surface area contributed by atoms with Gasteiger partial charge >= 0.3 is 0 Å². The molecule has 4 amide bonds. The maximum atomic E-state index is 13.4. The van der Waals surface area contributed by atoms with E-state index >= 15 is 0 Å². The zero-order valence-corrected chi connectivity index (χ0v) is 20.9. The lowest BCUT2D eigenvalue weighted by atomic mass is 9.82. The number of nitrogens with one attached hydrogen (secondary N) is 2. The van der Waals surface area contributed by atoms with Crippen LogP contribution in [-0.2, 0) is 19.2 Å². The number of primary amides is 1. The van der Waals surface area contributed by atoms with Gasteiger partial charge in [0.05, 0.1) is 24.3 Å². The molecule has 0 aromatic heterocycles. The van der Waals surface area contributed by atoms with Crippen molar-refractivity contribution in [3.63, 3.8) is 0 Å². The minimum atomic E-state index is -1.21. The summed E-state index contributed by atoms with van der Waals surface area (Å²) in [6, 6.07) is 8.26. The summed E-state index contributed by atoms with van der Waals surface area (Å²) in [7, 11) is 0. The van der Waals surface area contributed by atoms with Crippen LogP contribution in [0.5, 0.6) is 0 Å². The van der Waals surface area contributed by atoms with Gasteiger partial charge in [-0.3, -0.25) is 34.8 Å². The molecule has 1 rings (SSSR count). The summed E-state index contributed by atoms with van der Waals surface area (Å²) in [5.41, 5.74) is 16.2. The number of hydrogen-bond acceptors (Lipinski definition) is 6. The number of hydrazine groups is 1. The van der Waals surface area contributed by atoms with Crippen LogP contribution in [0.3, 0.4) is 0 Å². The Balaban J connectivity index is 3.18. The fourth-order valence-corrected chi connectivity index (χ4v) is 3.69. The highest BCUT2D eigenvalue weighted by molar-refractivity contribution is 5.91. The molecule has 0 aliphatic carbocycles. The second-order valence-corrected chi connectivity index (χ2v) is 9.46. The molecule has 0 fully saturated rings. The normalized spacial score (nSPS) is 13.9. The highest BCUT2D eigenvalue weighted by Gasteiger charge is 2.35. The third kappa shape index (κ3) is 10.7. The molecule has 0 spiro atoms. The molecule has 194 valence electrons. The van der Waals surface area contributed by atoms with Crippen molar-refractivity contribution in [1.29, 1.82) is 0 Å². The van der Waals surface area contributed by atoms with Crippen LogP contribution in [0.4, 0.5) is 0 Å². The molecule has 3 atom stereocenters. The lowest BCUT2D eigenvalue weighted by molar-refractivity contribution is -0.148. The smallest absolute Gasteiger partial charge is 0.258 e. The van der Waals surface area contributed by atoms with Crippen LogP contribution in [0.15, 0.2) is 36.4 Å². The zero-order chi connectivity index (χ0) is 26.5. The second-order valence-electron chi connectivity index (χ2n) is 9.46. The zero-order valence-electron chi connectivity index (χ0n) is 20.9. The Morgan fingerprint density at radius 2 is 1.63 bits per heavy atom. The summed E-state index contributed by atoms with van der Waals surface area (Å²) >= 11 is 0. The van der Waals surface area contributed by atoms with Gasteiger partial charge < -0.3 is 11.5 Å². The molecule has 0 saturated carbocycles. The van der Waals surface area contributed by atoms with E-state index < -0.39 is 41.5 Å². The van der Waals surface area contributed by atoms with Crippen molar-refractivity contribution in [1.82, 2.24) is 15.9 Å². The van der Waals surface area contributed by atoms with Crippen LogP contribution >= 0.6 is 0 Å². The predicted octanol–water partition coefficient (Wildman–Crippen LogP) is 1.59. The molecule has 0 aliphatic rings. The van der Waals surface area contributed by atoms with Crippen LogP contribution in [-0.4, -0.2) is 46.4 Å². The fourth-order valence-electron chi connectivity index (χ4n) is 3.69. The van der Waals surface area contributed by atoms with Gasteiger partial charge in [0.15, 0.2) is 0 Å². The number of benzene rings is 1. The SMILES string of the molecule is CC(C)C[C@@H](C(=O)NN(CC(C)C)C(=O)[C@@H](N)CC(N)=O)[C@H](CC=Cc1ccccc1)C(=O)NO. The van der Waals surface area contributed by atoms with E-state index in [0.717, 1.165) is 10.6 Å². The fraction of sp³-hybridized carbons (Fsp3) is 0.520. The van der Waals surface area contributed by atoms with Crippen molar-refractivity contribution < 1.29 is 24.4 Å².